The van der Waals surface area contributed by atoms with Crippen LogP contribution in [0, 0.1) is 20.2 Å². The predicted molar refractivity (Wildman–Crippen MR) is 94.6 cm³/mol. The molecule has 150 valence electrons. The molecule has 0 bridgehead atoms. The Bertz CT molecular complexity index is 234. The van der Waals surface area contributed by atoms with Crippen molar-refractivity contribution in [1.82, 2.24) is 12.3 Å². The normalized spacial score (nSPS) is 4.92. The predicted octanol–water partition coefficient (Wildman–Crippen LogP) is -3.11. The molecule has 0 atom stereocenters. The summed E-state index contributed by atoms with van der Waals surface area (Å²) in [5.74, 6) is -2.50. The average molecular weight is 552 g/mol. The fraction of sp³-hybridized carbons (Fsp3) is 0.500. The molecule has 0 rings (SSSR count). The first-order chi connectivity index (χ1) is 8.66. The van der Waals surface area contributed by atoms with Crippen molar-refractivity contribution >= 4 is 122 Å². The Morgan fingerprint density at radius 1 is 0.720 bits per heavy atom. The number of hydrogen-bond acceptors (Lipinski definition) is 9. The number of aliphatic carboxylic acids is 3. The zero-order chi connectivity index (χ0) is 17.9. The second-order valence-electron chi connectivity index (χ2n) is 2.03. The molecular formula is C6H27AlBaCaN4O12. The van der Waals surface area contributed by atoms with E-state index in [1.165, 1.54) is 0 Å². The van der Waals surface area contributed by atoms with Crippen molar-refractivity contribution in [3.05, 3.63) is 20.2 Å². The summed E-state index contributed by atoms with van der Waals surface area (Å²) < 4.78 is 0. The van der Waals surface area contributed by atoms with Crippen LogP contribution in [-0.2, 0) is 14.4 Å². The molecule has 0 aromatic carbocycles. The van der Waals surface area contributed by atoms with Gasteiger partial charge in [-0.15, -0.1) is 20.2 Å². The molecule has 0 unspecified atom stereocenters. The molecule has 0 aliphatic carbocycles. The van der Waals surface area contributed by atoms with Gasteiger partial charge in [-0.05, 0) is 0 Å². The van der Waals surface area contributed by atoms with E-state index in [1.54, 1.807) is 0 Å². The van der Waals surface area contributed by atoms with Crippen molar-refractivity contribution in [2.24, 2.45) is 0 Å². The van der Waals surface area contributed by atoms with Gasteiger partial charge in [-0.2, -0.15) is 0 Å². The van der Waals surface area contributed by atoms with Crippen molar-refractivity contribution in [3.8, 4) is 0 Å². The van der Waals surface area contributed by atoms with Crippen molar-refractivity contribution in [2.45, 2.75) is 20.8 Å². The molecule has 0 aromatic rings. The summed E-state index contributed by atoms with van der Waals surface area (Å²) in [6.07, 6.45) is 0. The number of carboxylic acids is 3. The molecule has 0 aromatic heterocycles. The Morgan fingerprint density at radius 2 is 0.720 bits per heavy atom. The van der Waals surface area contributed by atoms with E-state index in [2.05, 4.69) is 0 Å². The topological polar surface area (TPSA) is 309 Å². The Hall–Kier alpha value is 0.0936. The number of carboxylic acid groups (broad SMARTS) is 3. The molecule has 0 amide bonds. The first-order valence-electron chi connectivity index (χ1n) is 3.91. The minimum absolute atomic E-state index is 0. The van der Waals surface area contributed by atoms with E-state index in [0.29, 0.717) is 0 Å². The standard InChI is InChI=1S/3C2H4O2.Al.Ba.Ca.2HNO3.2H3N.7H/c3*1-2(3)4;;;;2*2-1(3)4;;;;;;;;;/h3*1H3,(H,3,4);;;;2*(H,2,3,4);2*1H3;;;;;;;. The van der Waals surface area contributed by atoms with Crippen molar-refractivity contribution in [1.29, 1.82) is 0 Å². The number of carbonyl (C=O) groups is 3. The first kappa shape index (κ1) is 63.9. The van der Waals surface area contributed by atoms with Gasteiger partial charge in [0.1, 0.15) is 0 Å². The van der Waals surface area contributed by atoms with Crippen LogP contribution in [0.2, 0.25) is 0 Å². The van der Waals surface area contributed by atoms with Gasteiger partial charge in [0.15, 0.2) is 17.4 Å². The quantitative estimate of drug-likeness (QED) is 0.0890. The molecule has 0 aliphatic rings. The summed E-state index contributed by atoms with van der Waals surface area (Å²) in [6, 6.07) is 0. The van der Waals surface area contributed by atoms with Gasteiger partial charge in [-0.25, -0.2) is 0 Å². The van der Waals surface area contributed by atoms with Crippen LogP contribution in [0.3, 0.4) is 0 Å². The SMILES string of the molecule is CC(=O)O.CC(=O)O.CC(=O)O.N.N.O=[N+]([O-])O.O=[N+]([O-])O.[AlH3].[BaH2].[CaH2]. The van der Waals surface area contributed by atoms with Gasteiger partial charge >= 0.3 is 86.6 Å². The second-order valence-corrected chi connectivity index (χ2v) is 2.03. The summed E-state index contributed by atoms with van der Waals surface area (Å²) in [7, 11) is 0. The third-order valence-electron chi connectivity index (χ3n) is 0. The monoisotopic (exact) mass is 552 g/mol. The zero-order valence-electron chi connectivity index (χ0n) is 11.9. The van der Waals surface area contributed by atoms with Crippen molar-refractivity contribution in [2.75, 3.05) is 0 Å². The van der Waals surface area contributed by atoms with Gasteiger partial charge in [-0.3, -0.25) is 14.4 Å². The minimum atomic E-state index is -1.50. The van der Waals surface area contributed by atoms with Crippen LogP contribution in [0.5, 0.6) is 0 Å². The summed E-state index contributed by atoms with van der Waals surface area (Å²) in [4.78, 5) is 43.7. The van der Waals surface area contributed by atoms with Gasteiger partial charge in [0.25, 0.3) is 28.1 Å². The van der Waals surface area contributed by atoms with Crippen LogP contribution in [0.25, 0.3) is 0 Å². The number of hydrogen-bond donors (Lipinski definition) is 7. The first-order valence-corrected chi connectivity index (χ1v) is 3.91. The van der Waals surface area contributed by atoms with E-state index in [-0.39, 0.29) is 116 Å². The molecule has 0 saturated heterocycles. The van der Waals surface area contributed by atoms with Crippen LogP contribution < -0.4 is 12.3 Å². The van der Waals surface area contributed by atoms with Crippen LogP contribution >= 0.6 is 0 Å². The number of nitrogens with zero attached hydrogens (tertiary/aromatic N) is 2. The second kappa shape index (κ2) is 56.4. The molecule has 25 heavy (non-hydrogen) atoms. The fourth-order valence-electron chi connectivity index (χ4n) is 0. The van der Waals surface area contributed by atoms with E-state index in [0.717, 1.165) is 20.8 Å². The molecule has 0 radical (unpaired) electrons. The molecule has 0 fully saturated rings. The van der Waals surface area contributed by atoms with E-state index in [9.17, 15) is 0 Å². The molecule has 0 spiro atoms. The Kier molecular flexibility index (Phi) is 144. The Labute approximate surface area is 222 Å². The van der Waals surface area contributed by atoms with Gasteiger partial charge in [0.2, 0.25) is 0 Å². The van der Waals surface area contributed by atoms with E-state index in [1.807, 2.05) is 0 Å². The maximum absolute atomic E-state index is 9.00. The van der Waals surface area contributed by atoms with Crippen molar-refractivity contribution < 1.29 is 50.3 Å². The Balaban J connectivity index is -0.0000000134. The third-order valence-corrected chi connectivity index (χ3v) is 0. The number of rotatable bonds is 0. The maximum atomic E-state index is 9.00. The van der Waals surface area contributed by atoms with Gasteiger partial charge in [-0.1, -0.05) is 0 Å². The summed E-state index contributed by atoms with van der Waals surface area (Å²) in [6.45, 7) is 3.25. The zero-order valence-corrected chi connectivity index (χ0v) is 11.9. The van der Waals surface area contributed by atoms with Gasteiger partial charge in [0.05, 0.1) is 0 Å². The van der Waals surface area contributed by atoms with Crippen LogP contribution in [0.15, 0.2) is 0 Å². The van der Waals surface area contributed by atoms with Crippen LogP contribution in [-0.4, -0.2) is 158 Å². The third kappa shape index (κ3) is 1340000. The van der Waals surface area contributed by atoms with E-state index < -0.39 is 28.1 Å². The Morgan fingerprint density at radius 3 is 0.720 bits per heavy atom. The molecule has 0 saturated carbocycles. The van der Waals surface area contributed by atoms with E-state index in [4.69, 9.17) is 60.3 Å². The average Bonchev–Trinajstić information content (AvgIpc) is 1.94. The van der Waals surface area contributed by atoms with Crippen LogP contribution in [0.1, 0.15) is 20.8 Å². The molecule has 0 heterocycles. The van der Waals surface area contributed by atoms with E-state index >= 15 is 0 Å². The summed E-state index contributed by atoms with van der Waals surface area (Å²) >= 11 is 0. The van der Waals surface area contributed by atoms with Crippen LogP contribution in [0.4, 0.5) is 0 Å². The van der Waals surface area contributed by atoms with Gasteiger partial charge in [0, 0.05) is 20.8 Å². The van der Waals surface area contributed by atoms with Gasteiger partial charge < -0.3 is 38.0 Å². The summed E-state index contributed by atoms with van der Waals surface area (Å²) in [5, 5.41) is 49.5. The molecule has 11 N–H and O–H groups in total. The summed E-state index contributed by atoms with van der Waals surface area (Å²) in [5.41, 5.74) is 0. The molecule has 0 aliphatic heterocycles. The van der Waals surface area contributed by atoms with Crippen molar-refractivity contribution in [3.63, 3.8) is 0 Å². The molecule has 19 heteroatoms. The fourth-order valence-corrected chi connectivity index (χ4v) is 0. The molecule has 16 nitrogen and oxygen atoms in total. The molecular weight excluding hydrogens is 524 g/mol.